The molecule has 1 aromatic carbocycles. The normalized spacial score (nSPS) is 26.2. The van der Waals surface area contributed by atoms with Crippen LogP contribution in [-0.4, -0.2) is 36.4 Å². The number of hydrogen-bond donors (Lipinski definition) is 0. The van der Waals surface area contributed by atoms with E-state index in [9.17, 15) is 0 Å². The van der Waals surface area contributed by atoms with Crippen LogP contribution in [0.5, 0.6) is 11.5 Å². The molecule has 0 amide bonds. The topological polar surface area (TPSA) is 34.1 Å². The number of aliphatic imine (C=N–C) groups is 1. The zero-order chi connectivity index (χ0) is 15.1. The number of nitrogens with zero attached hydrogens (tertiary/aromatic N) is 2. The number of methoxy groups -OCH3 is 2. The van der Waals surface area contributed by atoms with Crippen molar-refractivity contribution in [2.24, 2.45) is 4.99 Å². The second kappa shape index (κ2) is 5.54. The smallest absolute Gasteiger partial charge is 0.168 e. The summed E-state index contributed by atoms with van der Waals surface area (Å²) in [5, 5.41) is 3.38. The average molecular weight is 316 g/mol. The molecular weight excluding hydrogens is 296 g/mol. The molecule has 4 rings (SSSR count). The molecule has 0 unspecified atom stereocenters. The lowest BCUT2D eigenvalue weighted by atomic mass is 9.90. The minimum Gasteiger partial charge on any atom is -0.493 e. The minimum absolute atomic E-state index is 0.486. The third kappa shape index (κ3) is 2.10. The SMILES string of the molecule is COc1ccc(C2=CSC3=N[C@@H]4CCCC[C@H]4N23)cc1OC. The molecule has 0 spiro atoms. The van der Waals surface area contributed by atoms with Gasteiger partial charge in [-0.1, -0.05) is 24.6 Å². The Kier molecular flexibility index (Phi) is 3.53. The Labute approximate surface area is 135 Å². The lowest BCUT2D eigenvalue weighted by molar-refractivity contribution is 0.305. The maximum Gasteiger partial charge on any atom is 0.168 e. The lowest BCUT2D eigenvalue weighted by Crippen LogP contribution is -2.38. The number of amidine groups is 1. The van der Waals surface area contributed by atoms with E-state index in [4.69, 9.17) is 14.5 Å². The standard InChI is InChI=1S/C17H20N2O2S/c1-20-15-8-7-11(9-16(15)21-2)14-10-22-17-18-12-5-3-4-6-13(12)19(14)17/h7-10,12-13H,3-6H2,1-2H3/t12-,13-/m1/s1. The molecule has 2 aliphatic heterocycles. The highest BCUT2D eigenvalue weighted by molar-refractivity contribution is 8.16. The van der Waals surface area contributed by atoms with E-state index in [0.29, 0.717) is 12.1 Å². The number of rotatable bonds is 3. The highest BCUT2D eigenvalue weighted by atomic mass is 32.2. The lowest BCUT2D eigenvalue weighted by Gasteiger charge is -2.32. The van der Waals surface area contributed by atoms with Gasteiger partial charge in [0.2, 0.25) is 0 Å². The molecule has 4 nitrogen and oxygen atoms in total. The summed E-state index contributed by atoms with van der Waals surface area (Å²) in [6.45, 7) is 0. The first kappa shape index (κ1) is 14.0. The molecule has 2 heterocycles. The fourth-order valence-electron chi connectivity index (χ4n) is 3.63. The van der Waals surface area contributed by atoms with E-state index in [2.05, 4.69) is 22.4 Å². The fraction of sp³-hybridized carbons (Fsp3) is 0.471. The van der Waals surface area contributed by atoms with Crippen molar-refractivity contribution in [2.75, 3.05) is 14.2 Å². The van der Waals surface area contributed by atoms with Crippen LogP contribution in [0.3, 0.4) is 0 Å². The molecule has 5 heteroatoms. The zero-order valence-electron chi connectivity index (χ0n) is 12.9. The monoisotopic (exact) mass is 316 g/mol. The van der Waals surface area contributed by atoms with Gasteiger partial charge < -0.3 is 14.4 Å². The van der Waals surface area contributed by atoms with Crippen LogP contribution in [0.2, 0.25) is 0 Å². The van der Waals surface area contributed by atoms with Gasteiger partial charge in [-0.25, -0.2) is 0 Å². The molecule has 116 valence electrons. The third-order valence-corrected chi connectivity index (χ3v) is 5.58. The second-order valence-electron chi connectivity index (χ2n) is 5.89. The van der Waals surface area contributed by atoms with Crippen molar-refractivity contribution in [3.05, 3.63) is 29.2 Å². The van der Waals surface area contributed by atoms with Crippen LogP contribution in [0.15, 0.2) is 28.6 Å². The molecule has 2 atom stereocenters. The molecule has 1 aliphatic carbocycles. The zero-order valence-corrected chi connectivity index (χ0v) is 13.7. The molecule has 0 saturated heterocycles. The quantitative estimate of drug-likeness (QED) is 0.851. The van der Waals surface area contributed by atoms with Gasteiger partial charge in [-0.15, -0.1) is 0 Å². The molecule has 1 fully saturated rings. The minimum atomic E-state index is 0.486. The summed E-state index contributed by atoms with van der Waals surface area (Å²) in [4.78, 5) is 7.36. The Balaban J connectivity index is 1.67. The van der Waals surface area contributed by atoms with Crippen molar-refractivity contribution >= 4 is 22.6 Å². The van der Waals surface area contributed by atoms with Gasteiger partial charge in [0.25, 0.3) is 0 Å². The Morgan fingerprint density at radius 3 is 2.77 bits per heavy atom. The molecule has 0 radical (unpaired) electrons. The molecule has 3 aliphatic rings. The van der Waals surface area contributed by atoms with Crippen molar-refractivity contribution in [1.29, 1.82) is 0 Å². The number of ether oxygens (including phenoxy) is 2. The van der Waals surface area contributed by atoms with Gasteiger partial charge in [0, 0.05) is 11.0 Å². The van der Waals surface area contributed by atoms with E-state index in [0.717, 1.165) is 11.5 Å². The van der Waals surface area contributed by atoms with Gasteiger partial charge in [-0.3, -0.25) is 4.99 Å². The van der Waals surface area contributed by atoms with E-state index < -0.39 is 0 Å². The van der Waals surface area contributed by atoms with Crippen molar-refractivity contribution in [2.45, 2.75) is 37.8 Å². The van der Waals surface area contributed by atoms with E-state index in [1.165, 1.54) is 42.1 Å². The number of benzene rings is 1. The van der Waals surface area contributed by atoms with Crippen LogP contribution in [0, 0.1) is 0 Å². The Bertz CT molecular complexity index is 656. The summed E-state index contributed by atoms with van der Waals surface area (Å²) in [5.41, 5.74) is 2.42. The van der Waals surface area contributed by atoms with Crippen molar-refractivity contribution < 1.29 is 9.47 Å². The van der Waals surface area contributed by atoms with Crippen molar-refractivity contribution in [3.63, 3.8) is 0 Å². The molecule has 0 N–H and O–H groups in total. The summed E-state index contributed by atoms with van der Waals surface area (Å²) in [6, 6.07) is 7.17. The summed E-state index contributed by atoms with van der Waals surface area (Å²) >= 11 is 1.75. The predicted molar refractivity (Wildman–Crippen MR) is 90.4 cm³/mol. The maximum atomic E-state index is 5.45. The van der Waals surface area contributed by atoms with Gasteiger partial charge in [0.05, 0.1) is 32.0 Å². The number of hydrogen-bond acceptors (Lipinski definition) is 5. The maximum absolute atomic E-state index is 5.45. The summed E-state index contributed by atoms with van der Waals surface area (Å²) in [7, 11) is 3.35. The van der Waals surface area contributed by atoms with E-state index in [1.807, 2.05) is 6.07 Å². The van der Waals surface area contributed by atoms with E-state index >= 15 is 0 Å². The Hall–Kier alpha value is -1.62. The number of fused-ring (bicyclic) bond motifs is 3. The first-order chi connectivity index (χ1) is 10.8. The first-order valence-corrected chi connectivity index (χ1v) is 8.66. The Morgan fingerprint density at radius 1 is 1.14 bits per heavy atom. The number of thioether (sulfide) groups is 1. The van der Waals surface area contributed by atoms with Gasteiger partial charge in [-0.05, 0) is 31.0 Å². The molecule has 22 heavy (non-hydrogen) atoms. The van der Waals surface area contributed by atoms with Crippen molar-refractivity contribution in [3.8, 4) is 11.5 Å². The average Bonchev–Trinajstić information content (AvgIpc) is 3.13. The van der Waals surface area contributed by atoms with Crippen LogP contribution in [-0.2, 0) is 0 Å². The van der Waals surface area contributed by atoms with Gasteiger partial charge in [-0.2, -0.15) is 0 Å². The first-order valence-electron chi connectivity index (χ1n) is 7.78. The van der Waals surface area contributed by atoms with Crippen LogP contribution in [0.4, 0.5) is 0 Å². The highest BCUT2D eigenvalue weighted by Gasteiger charge is 2.42. The van der Waals surface area contributed by atoms with Gasteiger partial charge >= 0.3 is 0 Å². The summed E-state index contributed by atoms with van der Waals surface area (Å²) in [6.07, 6.45) is 5.09. The highest BCUT2D eigenvalue weighted by Crippen LogP contribution is 2.45. The Morgan fingerprint density at radius 2 is 1.95 bits per heavy atom. The summed E-state index contributed by atoms with van der Waals surface area (Å²) in [5.74, 6) is 1.54. The van der Waals surface area contributed by atoms with Crippen LogP contribution in [0.1, 0.15) is 31.2 Å². The van der Waals surface area contributed by atoms with Crippen LogP contribution >= 0.6 is 11.8 Å². The van der Waals surface area contributed by atoms with Gasteiger partial charge in [0.15, 0.2) is 16.7 Å². The van der Waals surface area contributed by atoms with Crippen LogP contribution < -0.4 is 9.47 Å². The molecule has 1 saturated carbocycles. The van der Waals surface area contributed by atoms with E-state index in [-0.39, 0.29) is 0 Å². The molecule has 1 aromatic rings. The molecule has 0 bridgehead atoms. The fourth-order valence-corrected chi connectivity index (χ4v) is 4.64. The summed E-state index contributed by atoms with van der Waals surface area (Å²) < 4.78 is 10.8. The molecular formula is C17H20N2O2S. The van der Waals surface area contributed by atoms with E-state index in [1.54, 1.807) is 26.0 Å². The third-order valence-electron chi connectivity index (χ3n) is 4.72. The largest absolute Gasteiger partial charge is 0.493 e. The second-order valence-corrected chi connectivity index (χ2v) is 6.73. The molecule has 0 aromatic heterocycles. The van der Waals surface area contributed by atoms with Gasteiger partial charge in [0.1, 0.15) is 0 Å². The van der Waals surface area contributed by atoms with Crippen molar-refractivity contribution in [1.82, 2.24) is 4.90 Å². The van der Waals surface area contributed by atoms with Crippen LogP contribution in [0.25, 0.3) is 5.70 Å². The predicted octanol–water partition coefficient (Wildman–Crippen LogP) is 3.73.